The minimum Gasteiger partial charge on any atom is -0.490 e. The molecule has 2 atom stereocenters. The summed E-state index contributed by atoms with van der Waals surface area (Å²) in [6.07, 6.45) is 5.15. The van der Waals surface area contributed by atoms with E-state index < -0.39 is 0 Å². The summed E-state index contributed by atoms with van der Waals surface area (Å²) < 4.78 is 13.1. The Morgan fingerprint density at radius 2 is 2.14 bits per heavy atom. The molecule has 118 valence electrons. The van der Waals surface area contributed by atoms with E-state index >= 15 is 0 Å². The van der Waals surface area contributed by atoms with E-state index in [0.29, 0.717) is 12.7 Å². The highest BCUT2D eigenvalue weighted by molar-refractivity contribution is 9.10. The number of hydrogen-bond acceptors (Lipinski definition) is 3. The third kappa shape index (κ3) is 4.62. The first kappa shape index (κ1) is 16.6. The van der Waals surface area contributed by atoms with Crippen molar-refractivity contribution >= 4 is 15.9 Å². The van der Waals surface area contributed by atoms with Crippen LogP contribution in [0.3, 0.4) is 0 Å². The second-order valence-electron chi connectivity index (χ2n) is 5.88. The van der Waals surface area contributed by atoms with Crippen LogP contribution in [0.1, 0.15) is 45.1 Å². The van der Waals surface area contributed by atoms with Gasteiger partial charge < -0.3 is 14.8 Å². The van der Waals surface area contributed by atoms with Crippen LogP contribution in [-0.4, -0.2) is 19.8 Å². The summed E-state index contributed by atoms with van der Waals surface area (Å²) >= 11 is 3.65. The van der Waals surface area contributed by atoms with E-state index in [1.165, 1.54) is 18.4 Å². The molecule has 2 unspecified atom stereocenters. The monoisotopic (exact) mass is 355 g/mol. The van der Waals surface area contributed by atoms with Crippen LogP contribution >= 0.6 is 15.9 Å². The largest absolute Gasteiger partial charge is 0.490 e. The fraction of sp³-hybridized carbons (Fsp3) is 0.647. The summed E-state index contributed by atoms with van der Waals surface area (Å²) in [5.41, 5.74) is 1.19. The number of nitrogens with one attached hydrogen (secondary N) is 1. The number of rotatable bonds is 6. The molecular formula is C17H26BrNO2. The molecule has 1 aliphatic rings. The van der Waals surface area contributed by atoms with Crippen LogP contribution in [0.15, 0.2) is 16.6 Å². The first-order valence-corrected chi connectivity index (χ1v) is 8.69. The van der Waals surface area contributed by atoms with Gasteiger partial charge in [-0.05, 0) is 72.8 Å². The average Bonchev–Trinajstić information content (AvgIpc) is 2.43. The molecule has 0 aliphatic heterocycles. The number of ether oxygens (including phenoxy) is 2. The lowest BCUT2D eigenvalue weighted by Crippen LogP contribution is -2.24. The minimum absolute atomic E-state index is 0.305. The van der Waals surface area contributed by atoms with Gasteiger partial charge >= 0.3 is 0 Å². The smallest absolute Gasteiger partial charge is 0.175 e. The summed E-state index contributed by atoms with van der Waals surface area (Å²) in [5.74, 6) is 2.45. The van der Waals surface area contributed by atoms with Crippen LogP contribution in [0.4, 0.5) is 0 Å². The Morgan fingerprint density at radius 1 is 1.33 bits per heavy atom. The topological polar surface area (TPSA) is 30.5 Å². The normalized spacial score (nSPS) is 22.1. The molecule has 1 aromatic rings. The van der Waals surface area contributed by atoms with Gasteiger partial charge in [0.1, 0.15) is 0 Å². The number of hydrogen-bond donors (Lipinski definition) is 1. The van der Waals surface area contributed by atoms with Crippen LogP contribution in [0, 0.1) is 5.92 Å². The van der Waals surface area contributed by atoms with Crippen molar-refractivity contribution in [2.45, 2.75) is 52.2 Å². The van der Waals surface area contributed by atoms with E-state index in [4.69, 9.17) is 9.47 Å². The van der Waals surface area contributed by atoms with Gasteiger partial charge in [-0.3, -0.25) is 0 Å². The molecule has 21 heavy (non-hydrogen) atoms. The maximum absolute atomic E-state index is 6.28. The SMILES string of the molecule is CCOc1cc(CNC)cc(Br)c1OC1CCCC(C)C1. The fourth-order valence-corrected chi connectivity index (χ4v) is 3.54. The quantitative estimate of drug-likeness (QED) is 0.813. The molecule has 0 aromatic heterocycles. The molecule has 0 amide bonds. The van der Waals surface area contributed by atoms with Crippen molar-refractivity contribution in [2.24, 2.45) is 5.92 Å². The van der Waals surface area contributed by atoms with Crippen molar-refractivity contribution in [1.29, 1.82) is 0 Å². The lowest BCUT2D eigenvalue weighted by molar-refractivity contribution is 0.123. The highest BCUT2D eigenvalue weighted by Gasteiger charge is 2.23. The summed E-state index contributed by atoms with van der Waals surface area (Å²) in [6.45, 7) is 5.78. The lowest BCUT2D eigenvalue weighted by atomic mass is 9.89. The van der Waals surface area contributed by atoms with Crippen molar-refractivity contribution in [2.75, 3.05) is 13.7 Å². The van der Waals surface area contributed by atoms with Crippen LogP contribution in [0.5, 0.6) is 11.5 Å². The van der Waals surface area contributed by atoms with Gasteiger partial charge in [0.25, 0.3) is 0 Å². The summed E-state index contributed by atoms with van der Waals surface area (Å²) in [7, 11) is 1.95. The summed E-state index contributed by atoms with van der Waals surface area (Å²) in [4.78, 5) is 0. The van der Waals surface area contributed by atoms with Crippen molar-refractivity contribution in [3.8, 4) is 11.5 Å². The zero-order chi connectivity index (χ0) is 15.2. The molecule has 4 heteroatoms. The van der Waals surface area contributed by atoms with E-state index in [1.54, 1.807) is 0 Å². The molecule has 1 N–H and O–H groups in total. The zero-order valence-electron chi connectivity index (χ0n) is 13.2. The molecule has 3 nitrogen and oxygen atoms in total. The molecular weight excluding hydrogens is 330 g/mol. The fourth-order valence-electron chi connectivity index (χ4n) is 2.96. The summed E-state index contributed by atoms with van der Waals surface area (Å²) in [5, 5.41) is 3.17. The predicted octanol–water partition coefficient (Wildman–Crippen LogP) is 4.52. The lowest BCUT2D eigenvalue weighted by Gasteiger charge is -2.28. The van der Waals surface area contributed by atoms with Crippen LogP contribution in [-0.2, 0) is 6.54 Å². The Bertz CT molecular complexity index is 464. The molecule has 1 aliphatic carbocycles. The molecule has 0 radical (unpaired) electrons. The standard InChI is InChI=1S/C17H26BrNO2/c1-4-20-16-10-13(11-19-3)9-15(18)17(16)21-14-7-5-6-12(2)8-14/h9-10,12,14,19H,4-8,11H2,1-3H3. The Labute approximate surface area is 136 Å². The molecule has 0 saturated heterocycles. The molecule has 0 heterocycles. The number of halogens is 1. The van der Waals surface area contributed by atoms with E-state index in [1.807, 2.05) is 14.0 Å². The minimum atomic E-state index is 0.305. The van der Waals surface area contributed by atoms with Crippen molar-refractivity contribution in [3.05, 3.63) is 22.2 Å². The molecule has 1 saturated carbocycles. The first-order valence-electron chi connectivity index (χ1n) is 7.90. The van der Waals surface area contributed by atoms with E-state index in [-0.39, 0.29) is 0 Å². The van der Waals surface area contributed by atoms with E-state index in [9.17, 15) is 0 Å². The van der Waals surface area contributed by atoms with E-state index in [0.717, 1.165) is 41.3 Å². The van der Waals surface area contributed by atoms with Crippen LogP contribution in [0.2, 0.25) is 0 Å². The Kier molecular flexibility index (Phi) is 6.37. The maximum Gasteiger partial charge on any atom is 0.175 e. The second-order valence-corrected chi connectivity index (χ2v) is 6.73. The second kappa shape index (κ2) is 8.04. The van der Waals surface area contributed by atoms with Gasteiger partial charge in [0.05, 0.1) is 17.2 Å². The maximum atomic E-state index is 6.28. The highest BCUT2D eigenvalue weighted by atomic mass is 79.9. The summed E-state index contributed by atoms with van der Waals surface area (Å²) in [6, 6.07) is 4.19. The van der Waals surface area contributed by atoms with Crippen LogP contribution in [0.25, 0.3) is 0 Å². The van der Waals surface area contributed by atoms with Crippen molar-refractivity contribution < 1.29 is 9.47 Å². The molecule has 1 fully saturated rings. The molecule has 0 spiro atoms. The Hall–Kier alpha value is -0.740. The van der Waals surface area contributed by atoms with Gasteiger partial charge in [0.2, 0.25) is 0 Å². The third-order valence-corrected chi connectivity index (χ3v) is 4.51. The Balaban J connectivity index is 2.19. The zero-order valence-corrected chi connectivity index (χ0v) is 14.8. The van der Waals surface area contributed by atoms with Gasteiger partial charge in [-0.15, -0.1) is 0 Å². The van der Waals surface area contributed by atoms with Gasteiger partial charge in [-0.25, -0.2) is 0 Å². The molecule has 0 bridgehead atoms. The van der Waals surface area contributed by atoms with Gasteiger partial charge in [-0.1, -0.05) is 13.3 Å². The predicted molar refractivity (Wildman–Crippen MR) is 90.1 cm³/mol. The molecule has 2 rings (SSSR count). The van der Waals surface area contributed by atoms with Crippen LogP contribution < -0.4 is 14.8 Å². The van der Waals surface area contributed by atoms with Crippen molar-refractivity contribution in [3.63, 3.8) is 0 Å². The van der Waals surface area contributed by atoms with Gasteiger partial charge in [-0.2, -0.15) is 0 Å². The highest BCUT2D eigenvalue weighted by Crippen LogP contribution is 2.39. The Morgan fingerprint density at radius 3 is 2.81 bits per heavy atom. The van der Waals surface area contributed by atoms with E-state index in [2.05, 4.69) is 40.3 Å². The molecule has 1 aromatic carbocycles. The average molecular weight is 356 g/mol. The third-order valence-electron chi connectivity index (χ3n) is 3.92. The van der Waals surface area contributed by atoms with Gasteiger partial charge in [0, 0.05) is 6.54 Å². The van der Waals surface area contributed by atoms with Gasteiger partial charge in [0.15, 0.2) is 11.5 Å². The van der Waals surface area contributed by atoms with Crippen molar-refractivity contribution in [1.82, 2.24) is 5.32 Å². The number of benzene rings is 1. The first-order chi connectivity index (χ1) is 10.1.